The number of nitrogens with zero attached hydrogens (tertiary/aromatic N) is 3. The van der Waals surface area contributed by atoms with Crippen molar-refractivity contribution in [2.24, 2.45) is 0 Å². The van der Waals surface area contributed by atoms with Crippen LogP contribution in [0.1, 0.15) is 11.1 Å². The molecule has 2 aliphatic heterocycles. The van der Waals surface area contributed by atoms with Crippen molar-refractivity contribution in [1.82, 2.24) is 9.80 Å². The summed E-state index contributed by atoms with van der Waals surface area (Å²) >= 11 is 0. The molecule has 3 amide bonds. The number of rotatable bonds is 3. The molecule has 0 unspecified atom stereocenters. The van der Waals surface area contributed by atoms with E-state index in [2.05, 4.69) is 6.07 Å². The zero-order chi connectivity index (χ0) is 19.0. The SMILES string of the molecule is O=C(CN1CCN(c2ccc(F)c(F)c2)C1=O)N1CCc2ccccc2C1. The van der Waals surface area contributed by atoms with Crippen LogP contribution in [0.4, 0.5) is 19.3 Å². The molecule has 7 heteroatoms. The largest absolute Gasteiger partial charge is 0.336 e. The molecule has 2 aliphatic rings. The number of urea groups is 1. The summed E-state index contributed by atoms with van der Waals surface area (Å²) in [7, 11) is 0. The van der Waals surface area contributed by atoms with E-state index in [1.54, 1.807) is 4.90 Å². The molecule has 0 atom stereocenters. The summed E-state index contributed by atoms with van der Waals surface area (Å²) < 4.78 is 26.5. The van der Waals surface area contributed by atoms with Gasteiger partial charge in [-0.25, -0.2) is 13.6 Å². The van der Waals surface area contributed by atoms with Crippen molar-refractivity contribution in [3.8, 4) is 0 Å². The van der Waals surface area contributed by atoms with Gasteiger partial charge in [0.05, 0.1) is 0 Å². The minimum atomic E-state index is -0.998. The van der Waals surface area contributed by atoms with E-state index in [1.165, 1.54) is 21.4 Å². The number of amides is 3. The van der Waals surface area contributed by atoms with Crippen LogP contribution in [0.2, 0.25) is 0 Å². The fourth-order valence-electron chi connectivity index (χ4n) is 3.59. The molecule has 140 valence electrons. The zero-order valence-electron chi connectivity index (χ0n) is 14.7. The number of benzene rings is 2. The van der Waals surface area contributed by atoms with Crippen molar-refractivity contribution in [2.45, 2.75) is 13.0 Å². The lowest BCUT2D eigenvalue weighted by atomic mass is 10.00. The molecule has 5 nitrogen and oxygen atoms in total. The predicted octanol–water partition coefficient (Wildman–Crippen LogP) is 2.79. The standard InChI is InChI=1S/C20H19F2N3O2/c21-17-6-5-16(11-18(17)22)25-10-9-24(20(25)27)13-19(26)23-8-7-14-3-1-2-4-15(14)12-23/h1-6,11H,7-10,12-13H2. The van der Waals surface area contributed by atoms with Crippen LogP contribution in [0.5, 0.6) is 0 Å². The van der Waals surface area contributed by atoms with E-state index >= 15 is 0 Å². The Morgan fingerprint density at radius 3 is 2.52 bits per heavy atom. The van der Waals surface area contributed by atoms with Crippen molar-refractivity contribution in [3.05, 3.63) is 65.2 Å². The minimum Gasteiger partial charge on any atom is -0.336 e. The number of fused-ring (bicyclic) bond motifs is 1. The van der Waals surface area contributed by atoms with Gasteiger partial charge in [-0.1, -0.05) is 24.3 Å². The first-order valence-corrected chi connectivity index (χ1v) is 8.89. The molecule has 0 radical (unpaired) electrons. The van der Waals surface area contributed by atoms with Gasteiger partial charge < -0.3 is 9.80 Å². The van der Waals surface area contributed by atoms with E-state index in [1.807, 2.05) is 18.2 Å². The summed E-state index contributed by atoms with van der Waals surface area (Å²) in [5, 5.41) is 0. The fraction of sp³-hybridized carbons (Fsp3) is 0.300. The molecule has 2 heterocycles. The van der Waals surface area contributed by atoms with E-state index in [0.29, 0.717) is 31.9 Å². The van der Waals surface area contributed by atoms with Gasteiger partial charge in [0.1, 0.15) is 6.54 Å². The maximum Gasteiger partial charge on any atom is 0.325 e. The highest BCUT2D eigenvalue weighted by molar-refractivity contribution is 5.96. The Morgan fingerprint density at radius 1 is 0.963 bits per heavy atom. The molecule has 2 aromatic carbocycles. The molecule has 0 N–H and O–H groups in total. The molecule has 4 rings (SSSR count). The Hall–Kier alpha value is -2.96. The number of carbonyl (C=O) groups is 2. The third-order valence-electron chi connectivity index (χ3n) is 5.12. The molecule has 0 spiro atoms. The molecular weight excluding hydrogens is 352 g/mol. The average molecular weight is 371 g/mol. The lowest BCUT2D eigenvalue weighted by molar-refractivity contribution is -0.132. The van der Waals surface area contributed by atoms with Crippen LogP contribution in [0.25, 0.3) is 0 Å². The van der Waals surface area contributed by atoms with Crippen LogP contribution in [-0.2, 0) is 17.8 Å². The van der Waals surface area contributed by atoms with Gasteiger partial charge in [-0.05, 0) is 29.7 Å². The van der Waals surface area contributed by atoms with Crippen LogP contribution in [0.3, 0.4) is 0 Å². The van der Waals surface area contributed by atoms with E-state index in [-0.39, 0.29) is 18.5 Å². The van der Waals surface area contributed by atoms with Crippen LogP contribution >= 0.6 is 0 Å². The van der Waals surface area contributed by atoms with Gasteiger partial charge in [-0.2, -0.15) is 0 Å². The summed E-state index contributed by atoms with van der Waals surface area (Å²) in [6.45, 7) is 1.86. The van der Waals surface area contributed by atoms with Gasteiger partial charge in [-0.3, -0.25) is 9.69 Å². The Morgan fingerprint density at radius 2 is 1.74 bits per heavy atom. The number of hydrogen-bond acceptors (Lipinski definition) is 2. The summed E-state index contributed by atoms with van der Waals surface area (Å²) in [4.78, 5) is 29.8. The summed E-state index contributed by atoms with van der Waals surface area (Å²) in [5.74, 6) is -2.06. The second-order valence-corrected chi connectivity index (χ2v) is 6.79. The molecule has 0 aliphatic carbocycles. The molecule has 2 aromatic rings. The Balaban J connectivity index is 1.41. The molecule has 0 saturated carbocycles. The highest BCUT2D eigenvalue weighted by atomic mass is 19.2. The smallest absolute Gasteiger partial charge is 0.325 e. The Bertz CT molecular complexity index is 903. The maximum atomic E-state index is 13.4. The second kappa shape index (κ2) is 6.98. The molecule has 27 heavy (non-hydrogen) atoms. The van der Waals surface area contributed by atoms with Gasteiger partial charge in [0.2, 0.25) is 5.91 Å². The van der Waals surface area contributed by atoms with Crippen molar-refractivity contribution >= 4 is 17.6 Å². The van der Waals surface area contributed by atoms with E-state index < -0.39 is 11.6 Å². The van der Waals surface area contributed by atoms with Crippen molar-refractivity contribution in [3.63, 3.8) is 0 Å². The van der Waals surface area contributed by atoms with Gasteiger partial charge >= 0.3 is 6.03 Å². The third kappa shape index (κ3) is 3.37. The van der Waals surface area contributed by atoms with Crippen LogP contribution in [0, 0.1) is 11.6 Å². The van der Waals surface area contributed by atoms with E-state index in [9.17, 15) is 18.4 Å². The Labute approximate surface area is 155 Å². The summed E-state index contributed by atoms with van der Waals surface area (Å²) in [6.07, 6.45) is 0.802. The van der Waals surface area contributed by atoms with Crippen molar-refractivity contribution in [1.29, 1.82) is 0 Å². The van der Waals surface area contributed by atoms with Gasteiger partial charge in [0, 0.05) is 37.9 Å². The monoisotopic (exact) mass is 371 g/mol. The Kier molecular flexibility index (Phi) is 4.51. The zero-order valence-corrected chi connectivity index (χ0v) is 14.7. The summed E-state index contributed by atoms with van der Waals surface area (Å²) in [6, 6.07) is 11.0. The molecule has 0 aromatic heterocycles. The van der Waals surface area contributed by atoms with Crippen LogP contribution in [0.15, 0.2) is 42.5 Å². The minimum absolute atomic E-state index is 0.0127. The lowest BCUT2D eigenvalue weighted by Crippen LogP contribution is -2.44. The highest BCUT2D eigenvalue weighted by Gasteiger charge is 2.32. The van der Waals surface area contributed by atoms with Crippen molar-refractivity contribution in [2.75, 3.05) is 31.1 Å². The number of carbonyl (C=O) groups excluding carboxylic acids is 2. The normalized spacial score (nSPS) is 16.7. The third-order valence-corrected chi connectivity index (χ3v) is 5.12. The molecule has 1 saturated heterocycles. The first-order valence-electron chi connectivity index (χ1n) is 8.89. The lowest BCUT2D eigenvalue weighted by Gasteiger charge is -2.30. The molecular formula is C20H19F2N3O2. The predicted molar refractivity (Wildman–Crippen MR) is 96.2 cm³/mol. The molecule has 0 bridgehead atoms. The van der Waals surface area contributed by atoms with Gasteiger partial charge in [0.15, 0.2) is 11.6 Å². The number of hydrogen-bond donors (Lipinski definition) is 0. The maximum absolute atomic E-state index is 13.4. The highest BCUT2D eigenvalue weighted by Crippen LogP contribution is 2.23. The van der Waals surface area contributed by atoms with E-state index in [0.717, 1.165) is 24.1 Å². The van der Waals surface area contributed by atoms with Gasteiger partial charge in [0.25, 0.3) is 0 Å². The first kappa shape index (κ1) is 17.5. The van der Waals surface area contributed by atoms with E-state index in [4.69, 9.17) is 0 Å². The fourth-order valence-corrected chi connectivity index (χ4v) is 3.59. The van der Waals surface area contributed by atoms with Crippen LogP contribution < -0.4 is 4.90 Å². The number of halogens is 2. The van der Waals surface area contributed by atoms with Crippen LogP contribution in [-0.4, -0.2) is 47.9 Å². The average Bonchev–Trinajstić information content (AvgIpc) is 3.04. The topological polar surface area (TPSA) is 43.9 Å². The second-order valence-electron chi connectivity index (χ2n) is 6.79. The quantitative estimate of drug-likeness (QED) is 0.833. The first-order chi connectivity index (χ1) is 13.0. The number of anilines is 1. The van der Waals surface area contributed by atoms with Crippen molar-refractivity contribution < 1.29 is 18.4 Å². The summed E-state index contributed by atoms with van der Waals surface area (Å²) in [5.41, 5.74) is 2.68. The molecule has 1 fully saturated rings. The van der Waals surface area contributed by atoms with Gasteiger partial charge in [-0.15, -0.1) is 0 Å².